The first kappa shape index (κ1) is 9.65. The molecule has 0 saturated heterocycles. The van der Waals surface area contributed by atoms with E-state index in [1.165, 1.54) is 0 Å². The van der Waals surface area contributed by atoms with Crippen molar-refractivity contribution < 1.29 is 0 Å². The van der Waals surface area contributed by atoms with Gasteiger partial charge in [-0.1, -0.05) is 20.8 Å². The van der Waals surface area contributed by atoms with Crippen molar-refractivity contribution in [2.75, 3.05) is 0 Å². The summed E-state index contributed by atoms with van der Waals surface area (Å²) < 4.78 is 0.887. The van der Waals surface area contributed by atoms with Crippen molar-refractivity contribution in [1.29, 1.82) is 0 Å². The molecule has 0 spiro atoms. The second kappa shape index (κ2) is 3.99. The highest BCUT2D eigenvalue weighted by molar-refractivity contribution is 9.10. The quantitative estimate of drug-likeness (QED) is 0.728. The topological polar surface area (TPSA) is 25.8 Å². The van der Waals surface area contributed by atoms with E-state index in [-0.39, 0.29) is 0 Å². The molecule has 0 radical (unpaired) electrons. The van der Waals surface area contributed by atoms with E-state index in [4.69, 9.17) is 0 Å². The second-order valence-corrected chi connectivity index (χ2v) is 3.85. The van der Waals surface area contributed by atoms with Crippen molar-refractivity contribution >= 4 is 15.9 Å². The summed E-state index contributed by atoms with van der Waals surface area (Å²) in [7, 11) is 0. The zero-order valence-electron chi connectivity index (χ0n) is 7.63. The predicted octanol–water partition coefficient (Wildman–Crippen LogP) is 2.92. The van der Waals surface area contributed by atoms with Crippen molar-refractivity contribution in [2.24, 2.45) is 0 Å². The normalized spacial score (nSPS) is 10.8. The molecule has 2 nitrogen and oxygen atoms in total. The molecule has 0 atom stereocenters. The first-order chi connectivity index (χ1) is 5.63. The third-order valence-electron chi connectivity index (χ3n) is 1.67. The molecule has 0 aliphatic heterocycles. The molecule has 0 aromatic carbocycles. The van der Waals surface area contributed by atoms with Crippen LogP contribution in [0.3, 0.4) is 0 Å². The number of aryl methyl sites for hydroxylation is 1. The smallest absolute Gasteiger partial charge is 0.129 e. The van der Waals surface area contributed by atoms with Crippen LogP contribution in [0.25, 0.3) is 0 Å². The SMILES string of the molecule is CCc1nc(Br)cc(C(C)C)n1. The van der Waals surface area contributed by atoms with Gasteiger partial charge in [0.05, 0.1) is 0 Å². The number of aromatic nitrogens is 2. The van der Waals surface area contributed by atoms with Crippen molar-refractivity contribution in [3.05, 3.63) is 22.2 Å². The highest BCUT2D eigenvalue weighted by Crippen LogP contribution is 2.15. The molecule has 0 fully saturated rings. The van der Waals surface area contributed by atoms with Crippen molar-refractivity contribution in [3.63, 3.8) is 0 Å². The van der Waals surface area contributed by atoms with E-state index in [0.29, 0.717) is 5.92 Å². The maximum atomic E-state index is 4.41. The molecular weight excluding hydrogens is 216 g/mol. The monoisotopic (exact) mass is 228 g/mol. The molecule has 0 amide bonds. The third-order valence-corrected chi connectivity index (χ3v) is 2.08. The van der Waals surface area contributed by atoms with Gasteiger partial charge < -0.3 is 0 Å². The Balaban J connectivity index is 3.06. The average molecular weight is 229 g/mol. The largest absolute Gasteiger partial charge is 0.238 e. The predicted molar refractivity (Wildman–Crippen MR) is 53.2 cm³/mol. The first-order valence-electron chi connectivity index (χ1n) is 4.16. The van der Waals surface area contributed by atoms with Crippen LogP contribution in [0.15, 0.2) is 10.7 Å². The number of nitrogens with zero attached hydrogens (tertiary/aromatic N) is 2. The van der Waals surface area contributed by atoms with Crippen LogP contribution in [0.2, 0.25) is 0 Å². The van der Waals surface area contributed by atoms with E-state index >= 15 is 0 Å². The maximum absolute atomic E-state index is 4.41. The summed E-state index contributed by atoms with van der Waals surface area (Å²) in [6.07, 6.45) is 0.888. The third kappa shape index (κ3) is 2.27. The lowest BCUT2D eigenvalue weighted by Gasteiger charge is -2.05. The summed E-state index contributed by atoms with van der Waals surface area (Å²) in [6.45, 7) is 6.33. The van der Waals surface area contributed by atoms with Gasteiger partial charge in [-0.05, 0) is 27.9 Å². The van der Waals surface area contributed by atoms with Crippen LogP contribution in [0.5, 0.6) is 0 Å². The number of hydrogen-bond donors (Lipinski definition) is 0. The fourth-order valence-electron chi connectivity index (χ4n) is 0.938. The van der Waals surface area contributed by atoms with Crippen LogP contribution >= 0.6 is 15.9 Å². The fourth-order valence-corrected chi connectivity index (χ4v) is 1.38. The van der Waals surface area contributed by atoms with Crippen molar-refractivity contribution in [3.8, 4) is 0 Å². The molecule has 0 bridgehead atoms. The molecule has 0 saturated carbocycles. The Morgan fingerprint density at radius 3 is 2.58 bits per heavy atom. The lowest BCUT2D eigenvalue weighted by molar-refractivity contribution is 0.782. The summed E-state index contributed by atoms with van der Waals surface area (Å²) in [5.41, 5.74) is 1.11. The Bertz CT molecular complexity index is 271. The highest BCUT2D eigenvalue weighted by Gasteiger charge is 2.04. The molecule has 0 unspecified atom stereocenters. The Morgan fingerprint density at radius 1 is 1.42 bits per heavy atom. The molecule has 0 aliphatic carbocycles. The lowest BCUT2D eigenvalue weighted by Crippen LogP contribution is -2.00. The Morgan fingerprint density at radius 2 is 2.08 bits per heavy atom. The summed E-state index contributed by atoms with van der Waals surface area (Å²) in [6, 6.07) is 1.98. The summed E-state index contributed by atoms with van der Waals surface area (Å²) in [5.74, 6) is 1.38. The minimum Gasteiger partial charge on any atom is -0.238 e. The van der Waals surface area contributed by atoms with E-state index in [0.717, 1.165) is 22.5 Å². The molecule has 1 aromatic rings. The number of rotatable bonds is 2. The summed E-state index contributed by atoms with van der Waals surface area (Å²) in [4.78, 5) is 8.65. The summed E-state index contributed by atoms with van der Waals surface area (Å²) >= 11 is 3.37. The molecule has 1 aromatic heterocycles. The van der Waals surface area contributed by atoms with Gasteiger partial charge in [0.15, 0.2) is 0 Å². The highest BCUT2D eigenvalue weighted by atomic mass is 79.9. The van der Waals surface area contributed by atoms with Gasteiger partial charge in [-0.2, -0.15) is 0 Å². The van der Waals surface area contributed by atoms with Gasteiger partial charge in [0, 0.05) is 12.1 Å². The van der Waals surface area contributed by atoms with Crippen LogP contribution in [0, 0.1) is 0 Å². The van der Waals surface area contributed by atoms with Crippen molar-refractivity contribution in [1.82, 2.24) is 9.97 Å². The van der Waals surface area contributed by atoms with Crippen molar-refractivity contribution in [2.45, 2.75) is 33.1 Å². The van der Waals surface area contributed by atoms with Gasteiger partial charge in [0.25, 0.3) is 0 Å². The minimum atomic E-state index is 0.467. The number of halogens is 1. The zero-order valence-corrected chi connectivity index (χ0v) is 9.22. The van der Waals surface area contributed by atoms with Crippen LogP contribution < -0.4 is 0 Å². The van der Waals surface area contributed by atoms with Crippen LogP contribution in [0.1, 0.15) is 38.2 Å². The van der Waals surface area contributed by atoms with Gasteiger partial charge in [0.1, 0.15) is 10.4 Å². The van der Waals surface area contributed by atoms with E-state index in [2.05, 4.69) is 46.7 Å². The van der Waals surface area contributed by atoms with Gasteiger partial charge >= 0.3 is 0 Å². The van der Waals surface area contributed by atoms with E-state index < -0.39 is 0 Å². The van der Waals surface area contributed by atoms with Crippen LogP contribution in [-0.4, -0.2) is 9.97 Å². The van der Waals surface area contributed by atoms with Gasteiger partial charge in [-0.25, -0.2) is 9.97 Å². The van der Waals surface area contributed by atoms with E-state index in [1.807, 2.05) is 6.07 Å². The standard InChI is InChI=1S/C9H13BrN2/c1-4-9-11-7(6(2)3)5-8(10)12-9/h5-6H,4H2,1-3H3. The molecule has 1 rings (SSSR count). The van der Waals surface area contributed by atoms with Crippen LogP contribution in [0.4, 0.5) is 0 Å². The lowest BCUT2D eigenvalue weighted by atomic mass is 10.1. The Hall–Kier alpha value is -0.440. The second-order valence-electron chi connectivity index (χ2n) is 3.04. The molecule has 0 N–H and O–H groups in total. The van der Waals surface area contributed by atoms with Crippen LogP contribution in [-0.2, 0) is 6.42 Å². The zero-order chi connectivity index (χ0) is 9.14. The molecule has 66 valence electrons. The fraction of sp³-hybridized carbons (Fsp3) is 0.556. The van der Waals surface area contributed by atoms with Gasteiger partial charge in [-0.15, -0.1) is 0 Å². The molecule has 0 aliphatic rings. The van der Waals surface area contributed by atoms with Gasteiger partial charge in [0.2, 0.25) is 0 Å². The van der Waals surface area contributed by atoms with Gasteiger partial charge in [-0.3, -0.25) is 0 Å². The Labute approximate surface area is 81.6 Å². The first-order valence-corrected chi connectivity index (χ1v) is 4.96. The minimum absolute atomic E-state index is 0.467. The van der Waals surface area contributed by atoms with E-state index in [9.17, 15) is 0 Å². The molecule has 1 heterocycles. The molecule has 3 heteroatoms. The molecule has 12 heavy (non-hydrogen) atoms. The number of hydrogen-bond acceptors (Lipinski definition) is 2. The molecular formula is C9H13BrN2. The van der Waals surface area contributed by atoms with E-state index in [1.54, 1.807) is 0 Å². The summed E-state index contributed by atoms with van der Waals surface area (Å²) in [5, 5.41) is 0. The maximum Gasteiger partial charge on any atom is 0.129 e. The Kier molecular flexibility index (Phi) is 3.20. The average Bonchev–Trinajstić information content (AvgIpc) is 2.03.